The molecule has 0 aromatic carbocycles. The van der Waals surface area contributed by atoms with E-state index >= 15 is 0 Å². The van der Waals surface area contributed by atoms with Crippen LogP contribution in [0.4, 0.5) is 0 Å². The van der Waals surface area contributed by atoms with Gasteiger partial charge in [0.25, 0.3) is 0 Å². The van der Waals surface area contributed by atoms with Crippen molar-refractivity contribution in [3.8, 4) is 0 Å². The molecule has 1 aliphatic heterocycles. The van der Waals surface area contributed by atoms with Crippen LogP contribution in [0.15, 0.2) is 4.99 Å². The van der Waals surface area contributed by atoms with Gasteiger partial charge in [-0.1, -0.05) is 19.3 Å². The van der Waals surface area contributed by atoms with Crippen LogP contribution < -0.4 is 10.6 Å². The molecule has 0 bridgehead atoms. The van der Waals surface area contributed by atoms with Crippen molar-refractivity contribution < 1.29 is 0 Å². The second-order valence-electron chi connectivity index (χ2n) is 6.92. The highest BCUT2D eigenvalue weighted by Crippen LogP contribution is 2.19. The molecule has 0 amide bonds. The average molecular weight is 478 g/mol. The van der Waals surface area contributed by atoms with Crippen LogP contribution in [0, 0.1) is 6.92 Å². The number of thioether (sulfide) groups is 1. The predicted octanol–water partition coefficient (Wildman–Crippen LogP) is 3.01. The number of guanidine groups is 1. The number of halogens is 1. The summed E-state index contributed by atoms with van der Waals surface area (Å²) in [5, 5.41) is 15.7. The summed E-state index contributed by atoms with van der Waals surface area (Å²) in [7, 11) is 2.00. The van der Waals surface area contributed by atoms with E-state index in [9.17, 15) is 0 Å². The molecule has 1 atom stereocenters. The van der Waals surface area contributed by atoms with E-state index in [2.05, 4.69) is 20.8 Å². The SMILES string of the molecule is Cc1nnc(CN=C(NC2CCCCC2)NC2CCCSC2)n1C.I. The third-order valence-corrected chi connectivity index (χ3v) is 6.22. The predicted molar refractivity (Wildman–Crippen MR) is 116 cm³/mol. The molecule has 1 aromatic rings. The number of nitrogens with zero attached hydrogens (tertiary/aromatic N) is 4. The minimum absolute atomic E-state index is 0. The smallest absolute Gasteiger partial charge is 0.192 e. The number of aryl methyl sites for hydroxylation is 1. The summed E-state index contributed by atoms with van der Waals surface area (Å²) in [6, 6.07) is 1.09. The van der Waals surface area contributed by atoms with E-state index in [1.54, 1.807) is 0 Å². The second kappa shape index (κ2) is 10.6. The molecule has 25 heavy (non-hydrogen) atoms. The highest BCUT2D eigenvalue weighted by Gasteiger charge is 2.19. The molecule has 1 aromatic heterocycles. The third-order valence-electron chi connectivity index (χ3n) is 5.01. The molecule has 0 spiro atoms. The van der Waals surface area contributed by atoms with E-state index < -0.39 is 0 Å². The Morgan fingerprint density at radius 3 is 2.48 bits per heavy atom. The first kappa shape index (κ1) is 20.8. The minimum atomic E-state index is 0. The maximum Gasteiger partial charge on any atom is 0.192 e. The number of hydrogen-bond donors (Lipinski definition) is 2. The summed E-state index contributed by atoms with van der Waals surface area (Å²) >= 11 is 2.04. The van der Waals surface area contributed by atoms with Crippen LogP contribution >= 0.6 is 35.7 Å². The van der Waals surface area contributed by atoms with Crippen molar-refractivity contribution in [3.63, 3.8) is 0 Å². The third kappa shape index (κ3) is 6.30. The van der Waals surface area contributed by atoms with E-state index in [1.165, 1.54) is 56.5 Å². The van der Waals surface area contributed by atoms with Gasteiger partial charge in [-0.15, -0.1) is 34.2 Å². The molecule has 1 saturated heterocycles. The fourth-order valence-electron chi connectivity index (χ4n) is 3.36. The fraction of sp³-hybridized carbons (Fsp3) is 0.824. The summed E-state index contributed by atoms with van der Waals surface area (Å²) in [5.41, 5.74) is 0. The number of aromatic nitrogens is 3. The maximum atomic E-state index is 4.82. The van der Waals surface area contributed by atoms with Gasteiger partial charge in [0.2, 0.25) is 0 Å². The van der Waals surface area contributed by atoms with Crippen LogP contribution in [0.1, 0.15) is 56.6 Å². The summed E-state index contributed by atoms with van der Waals surface area (Å²) in [6.45, 7) is 2.54. The Bertz CT molecular complexity index is 527. The minimum Gasteiger partial charge on any atom is -0.354 e. The molecule has 2 fully saturated rings. The van der Waals surface area contributed by atoms with Gasteiger partial charge in [-0.25, -0.2) is 4.99 Å². The molecule has 2 aliphatic rings. The zero-order valence-electron chi connectivity index (χ0n) is 15.3. The van der Waals surface area contributed by atoms with Gasteiger partial charge in [0.15, 0.2) is 11.8 Å². The molecule has 142 valence electrons. The van der Waals surface area contributed by atoms with Gasteiger partial charge in [0.05, 0.1) is 0 Å². The van der Waals surface area contributed by atoms with Crippen LogP contribution in [0.2, 0.25) is 0 Å². The van der Waals surface area contributed by atoms with E-state index in [4.69, 9.17) is 4.99 Å². The Morgan fingerprint density at radius 1 is 1.12 bits per heavy atom. The number of hydrogen-bond acceptors (Lipinski definition) is 4. The molecular weight excluding hydrogens is 447 g/mol. The van der Waals surface area contributed by atoms with Crippen molar-refractivity contribution in [1.29, 1.82) is 0 Å². The van der Waals surface area contributed by atoms with Gasteiger partial charge in [0, 0.05) is 24.9 Å². The van der Waals surface area contributed by atoms with Crippen molar-refractivity contribution in [2.75, 3.05) is 11.5 Å². The molecule has 3 rings (SSSR count). The van der Waals surface area contributed by atoms with E-state index in [0.29, 0.717) is 18.6 Å². The normalized spacial score (nSPS) is 22.3. The quantitative estimate of drug-likeness (QED) is 0.396. The van der Waals surface area contributed by atoms with Crippen LogP contribution in [-0.2, 0) is 13.6 Å². The van der Waals surface area contributed by atoms with Crippen LogP contribution in [0.5, 0.6) is 0 Å². The second-order valence-corrected chi connectivity index (χ2v) is 8.07. The Hall–Kier alpha value is -0.510. The molecule has 6 nitrogen and oxygen atoms in total. The number of aliphatic imine (C=N–C) groups is 1. The van der Waals surface area contributed by atoms with Crippen molar-refractivity contribution in [3.05, 3.63) is 11.6 Å². The summed E-state index contributed by atoms with van der Waals surface area (Å²) < 4.78 is 2.01. The van der Waals surface area contributed by atoms with Gasteiger partial charge in [0.1, 0.15) is 12.4 Å². The Balaban J connectivity index is 0.00000225. The lowest BCUT2D eigenvalue weighted by Gasteiger charge is -2.29. The lowest BCUT2D eigenvalue weighted by molar-refractivity contribution is 0.407. The van der Waals surface area contributed by atoms with Crippen molar-refractivity contribution >= 4 is 41.7 Å². The Kier molecular flexibility index (Phi) is 8.81. The highest BCUT2D eigenvalue weighted by atomic mass is 127. The van der Waals surface area contributed by atoms with E-state index in [1.807, 2.05) is 30.3 Å². The van der Waals surface area contributed by atoms with Crippen LogP contribution in [0.3, 0.4) is 0 Å². The van der Waals surface area contributed by atoms with Gasteiger partial charge in [-0.3, -0.25) is 0 Å². The largest absolute Gasteiger partial charge is 0.354 e. The van der Waals surface area contributed by atoms with Crippen LogP contribution in [-0.4, -0.2) is 44.3 Å². The molecule has 2 N–H and O–H groups in total. The molecule has 8 heteroatoms. The van der Waals surface area contributed by atoms with Crippen molar-refractivity contribution in [2.24, 2.45) is 12.0 Å². The zero-order chi connectivity index (χ0) is 16.8. The zero-order valence-corrected chi connectivity index (χ0v) is 18.5. The molecule has 2 heterocycles. The Labute approximate surface area is 172 Å². The number of rotatable bonds is 4. The van der Waals surface area contributed by atoms with Gasteiger partial charge < -0.3 is 15.2 Å². The lowest BCUT2D eigenvalue weighted by Crippen LogP contribution is -2.49. The van der Waals surface area contributed by atoms with Crippen molar-refractivity contribution in [2.45, 2.75) is 70.5 Å². The lowest BCUT2D eigenvalue weighted by atomic mass is 9.96. The summed E-state index contributed by atoms with van der Waals surface area (Å²) in [6.07, 6.45) is 9.06. The monoisotopic (exact) mass is 478 g/mol. The first-order chi connectivity index (χ1) is 11.7. The van der Waals surface area contributed by atoms with Gasteiger partial charge in [-0.2, -0.15) is 11.8 Å². The fourth-order valence-corrected chi connectivity index (χ4v) is 4.43. The summed E-state index contributed by atoms with van der Waals surface area (Å²) in [4.78, 5) is 4.82. The average Bonchev–Trinajstić information content (AvgIpc) is 2.93. The molecule has 0 radical (unpaired) electrons. The van der Waals surface area contributed by atoms with Gasteiger partial charge in [-0.05, 0) is 38.4 Å². The Morgan fingerprint density at radius 2 is 1.84 bits per heavy atom. The van der Waals surface area contributed by atoms with E-state index in [-0.39, 0.29) is 24.0 Å². The molecule has 1 saturated carbocycles. The molecule has 1 aliphatic carbocycles. The highest BCUT2D eigenvalue weighted by molar-refractivity contribution is 14.0. The topological polar surface area (TPSA) is 67.1 Å². The molecular formula is C17H31IN6S. The first-order valence-electron chi connectivity index (χ1n) is 9.22. The van der Waals surface area contributed by atoms with Crippen LogP contribution in [0.25, 0.3) is 0 Å². The molecule has 1 unspecified atom stereocenters. The van der Waals surface area contributed by atoms with E-state index in [0.717, 1.165) is 17.6 Å². The first-order valence-corrected chi connectivity index (χ1v) is 10.4. The van der Waals surface area contributed by atoms with Crippen molar-refractivity contribution in [1.82, 2.24) is 25.4 Å². The number of nitrogens with one attached hydrogen (secondary N) is 2. The standard InChI is InChI=1S/C17H30N6S.HI/c1-13-21-22-16(23(13)2)11-18-17(19-14-7-4-3-5-8-14)20-15-9-6-10-24-12-15;/h14-15H,3-12H2,1-2H3,(H2,18,19,20);1H. The summed E-state index contributed by atoms with van der Waals surface area (Å²) in [5.74, 6) is 5.26. The van der Waals surface area contributed by atoms with Gasteiger partial charge >= 0.3 is 0 Å². The maximum absolute atomic E-state index is 4.82.